The molecule has 10 rings (SSSR count). The lowest BCUT2D eigenvalue weighted by molar-refractivity contribution is -0.141. The fourth-order valence-electron chi connectivity index (χ4n) is 11.8. The highest BCUT2D eigenvalue weighted by molar-refractivity contribution is 5.97. The third kappa shape index (κ3) is 11.3. The number of benzene rings is 6. The van der Waals surface area contributed by atoms with Gasteiger partial charge in [-0.15, -0.1) is 0 Å². The van der Waals surface area contributed by atoms with Crippen LogP contribution >= 0.6 is 0 Å². The normalized spacial score (nSPS) is 16.0. The second-order valence-corrected chi connectivity index (χ2v) is 21.3. The number of carbonyl (C=O) groups is 6. The van der Waals surface area contributed by atoms with Gasteiger partial charge in [0, 0.05) is 31.6 Å². The summed E-state index contributed by atoms with van der Waals surface area (Å²) in [7, 11) is 0. The Balaban J connectivity index is 0.849. The van der Waals surface area contributed by atoms with Gasteiger partial charge in [-0.25, -0.2) is 9.78 Å². The lowest BCUT2D eigenvalue weighted by Crippen LogP contribution is -2.61. The van der Waals surface area contributed by atoms with Gasteiger partial charge < -0.3 is 40.8 Å². The maximum atomic E-state index is 14.7. The summed E-state index contributed by atoms with van der Waals surface area (Å²) in [6.45, 7) is 3.19. The first-order chi connectivity index (χ1) is 38.4. The van der Waals surface area contributed by atoms with Crippen molar-refractivity contribution in [2.24, 2.45) is 0 Å². The van der Waals surface area contributed by atoms with Crippen LogP contribution in [0.5, 0.6) is 0 Å². The Hall–Kier alpha value is -8.85. The molecule has 1 saturated carbocycles. The topological polar surface area (TPSA) is 193 Å². The molecule has 6 aromatic carbocycles. The molecule has 2 atom stereocenters. The molecule has 0 spiro atoms. The second-order valence-electron chi connectivity index (χ2n) is 21.3. The van der Waals surface area contributed by atoms with Crippen LogP contribution in [0.15, 0.2) is 182 Å². The third-order valence-corrected chi connectivity index (χ3v) is 15.8. The summed E-state index contributed by atoms with van der Waals surface area (Å²) >= 11 is 0. The zero-order valence-corrected chi connectivity index (χ0v) is 44.5. The molecular weight excluding hydrogens is 993 g/mol. The number of likely N-dealkylation sites (tertiary alicyclic amines) is 1. The third-order valence-electron chi connectivity index (χ3n) is 15.8. The van der Waals surface area contributed by atoms with Crippen molar-refractivity contribution in [2.75, 3.05) is 19.7 Å². The lowest BCUT2D eigenvalue weighted by Gasteiger charge is -2.37. The van der Waals surface area contributed by atoms with Crippen molar-refractivity contribution < 1.29 is 33.5 Å². The van der Waals surface area contributed by atoms with Gasteiger partial charge in [-0.2, -0.15) is 0 Å². The number of hydrogen-bond acceptors (Lipinski definition) is 8. The first-order valence-corrected chi connectivity index (χ1v) is 27.2. The van der Waals surface area contributed by atoms with Crippen LogP contribution in [-0.4, -0.2) is 92.9 Å². The SMILES string of the molecule is CC(C)(NC(=O)[C@H](Cc1cn(C(c2ccccc2)(c2ccccc2)c2ccccc2)cn1)NC(=O)OCC1c2ccccc2-c2ccccc21)C(=O)NCC(=O)N1CCC[C@H]1C(=O)NC1(C(=O)NCc2ccccc2)CCCC1. The van der Waals surface area contributed by atoms with Crippen molar-refractivity contribution in [1.29, 1.82) is 0 Å². The summed E-state index contributed by atoms with van der Waals surface area (Å²) in [4.78, 5) is 90.7. The van der Waals surface area contributed by atoms with E-state index < -0.39 is 65.0 Å². The van der Waals surface area contributed by atoms with Crippen LogP contribution in [0.3, 0.4) is 0 Å². The van der Waals surface area contributed by atoms with Crippen LogP contribution < -0.4 is 26.6 Å². The first-order valence-electron chi connectivity index (χ1n) is 27.2. The molecule has 0 radical (unpaired) electrons. The van der Waals surface area contributed by atoms with E-state index in [1.165, 1.54) is 18.7 Å². The Kier molecular flexibility index (Phi) is 15.9. The average Bonchev–Trinajstić information content (AvgIpc) is 4.50. The smallest absolute Gasteiger partial charge is 0.407 e. The molecule has 5 N–H and O–H groups in total. The van der Waals surface area contributed by atoms with Crippen LogP contribution in [-0.2, 0) is 47.2 Å². The molecule has 0 unspecified atom stereocenters. The summed E-state index contributed by atoms with van der Waals surface area (Å²) < 4.78 is 7.98. The number of nitrogens with zero attached hydrogens (tertiary/aromatic N) is 3. The zero-order chi connectivity index (χ0) is 55.0. The van der Waals surface area contributed by atoms with Crippen molar-refractivity contribution >= 4 is 35.6 Å². The minimum Gasteiger partial charge on any atom is -0.449 e. The van der Waals surface area contributed by atoms with Gasteiger partial charge in [-0.05, 0) is 84.0 Å². The quantitative estimate of drug-likeness (QED) is 0.0505. The van der Waals surface area contributed by atoms with E-state index in [-0.39, 0.29) is 24.9 Å². The molecule has 2 fully saturated rings. The highest BCUT2D eigenvalue weighted by atomic mass is 16.5. The molecule has 7 aromatic rings. The number of imidazole rings is 1. The van der Waals surface area contributed by atoms with Crippen molar-refractivity contribution in [3.63, 3.8) is 0 Å². The number of amides is 6. The predicted molar refractivity (Wildman–Crippen MR) is 300 cm³/mol. The number of fused-ring (bicyclic) bond motifs is 3. The van der Waals surface area contributed by atoms with Gasteiger partial charge in [0.2, 0.25) is 29.5 Å². The predicted octanol–water partition coefficient (Wildman–Crippen LogP) is 7.92. The minimum absolute atomic E-state index is 0.00297. The van der Waals surface area contributed by atoms with Crippen molar-refractivity contribution in [3.8, 4) is 11.1 Å². The number of aromatic nitrogens is 2. The van der Waals surface area contributed by atoms with Gasteiger partial charge in [0.1, 0.15) is 35.3 Å². The molecule has 15 heteroatoms. The molecule has 404 valence electrons. The summed E-state index contributed by atoms with van der Waals surface area (Å²) in [6.07, 6.45) is 6.16. The van der Waals surface area contributed by atoms with Gasteiger partial charge in [-0.1, -0.05) is 183 Å². The highest BCUT2D eigenvalue weighted by Crippen LogP contribution is 2.45. The summed E-state index contributed by atoms with van der Waals surface area (Å²) in [5, 5.41) is 14.4. The van der Waals surface area contributed by atoms with E-state index in [4.69, 9.17) is 9.72 Å². The van der Waals surface area contributed by atoms with Crippen LogP contribution in [0, 0.1) is 0 Å². The molecule has 3 aliphatic rings. The fourth-order valence-corrected chi connectivity index (χ4v) is 11.8. The fraction of sp³-hybridized carbons (Fsp3) is 0.297. The molecular formula is C64H66N8O7. The summed E-state index contributed by atoms with van der Waals surface area (Å²) in [6, 6.07) is 53.7. The Labute approximate surface area is 460 Å². The zero-order valence-electron chi connectivity index (χ0n) is 44.5. The number of carbonyl (C=O) groups excluding carboxylic acids is 6. The highest BCUT2D eigenvalue weighted by Gasteiger charge is 2.46. The monoisotopic (exact) mass is 1060 g/mol. The summed E-state index contributed by atoms with van der Waals surface area (Å²) in [5.74, 6) is -2.75. The van der Waals surface area contributed by atoms with Crippen molar-refractivity contribution in [1.82, 2.24) is 41.0 Å². The van der Waals surface area contributed by atoms with Gasteiger partial charge >= 0.3 is 6.09 Å². The van der Waals surface area contributed by atoms with Gasteiger partial charge in [0.05, 0.1) is 18.6 Å². The van der Waals surface area contributed by atoms with Crippen LogP contribution in [0.1, 0.15) is 97.4 Å². The number of alkyl carbamates (subject to hydrolysis) is 1. The maximum Gasteiger partial charge on any atom is 0.407 e. The standard InChI is InChI=1S/C64H66N8O7/c1-62(2,59(76)66-40-56(73)72-37-21-34-55(72)58(75)70-63(35-19-20-36-63)60(77)65-39-44-22-7-3-8-23-44)69-57(74)54(68-61(78)79-42-53-51-32-17-15-30-49(51)50-31-16-18-33-52(50)53)38-48-41-71(43-67-48)64(45-24-9-4-10-25-45,46-26-11-5-12-27-46)47-28-13-6-14-29-47/h3-18,22-33,41,43,53-55H,19-21,34-40,42H2,1-2H3,(H,65,77)(H,66,76)(H,68,78)(H,69,74)(H,70,75)/t54-,55-/m0/s1. The Morgan fingerprint density at radius 2 is 1.23 bits per heavy atom. The number of hydrogen-bond donors (Lipinski definition) is 5. The molecule has 1 aromatic heterocycles. The lowest BCUT2D eigenvalue weighted by atomic mass is 9.77. The Morgan fingerprint density at radius 1 is 0.684 bits per heavy atom. The van der Waals surface area contributed by atoms with Crippen LogP contribution in [0.2, 0.25) is 0 Å². The van der Waals surface area contributed by atoms with E-state index in [1.807, 2.05) is 132 Å². The Morgan fingerprint density at radius 3 is 1.81 bits per heavy atom. The van der Waals surface area contributed by atoms with E-state index in [0.717, 1.165) is 57.3 Å². The number of rotatable bonds is 19. The largest absolute Gasteiger partial charge is 0.449 e. The van der Waals surface area contributed by atoms with Crippen LogP contribution in [0.4, 0.5) is 4.79 Å². The van der Waals surface area contributed by atoms with Crippen molar-refractivity contribution in [2.45, 2.75) is 100.0 Å². The molecule has 0 bridgehead atoms. The van der Waals surface area contributed by atoms with E-state index in [0.29, 0.717) is 44.5 Å². The average molecular weight is 1060 g/mol. The van der Waals surface area contributed by atoms with Crippen LogP contribution in [0.25, 0.3) is 11.1 Å². The van der Waals surface area contributed by atoms with Gasteiger partial charge in [-0.3, -0.25) is 24.0 Å². The van der Waals surface area contributed by atoms with Gasteiger partial charge in [0.25, 0.3) is 0 Å². The maximum absolute atomic E-state index is 14.7. The summed E-state index contributed by atoms with van der Waals surface area (Å²) in [5.41, 5.74) is 4.90. The van der Waals surface area contributed by atoms with Gasteiger partial charge in [0.15, 0.2) is 0 Å². The van der Waals surface area contributed by atoms with E-state index in [9.17, 15) is 28.8 Å². The molecule has 15 nitrogen and oxygen atoms in total. The molecule has 1 saturated heterocycles. The van der Waals surface area contributed by atoms with E-state index >= 15 is 0 Å². The molecule has 1 aliphatic heterocycles. The number of nitrogens with one attached hydrogen (secondary N) is 5. The molecule has 79 heavy (non-hydrogen) atoms. The van der Waals surface area contributed by atoms with E-state index in [1.54, 1.807) is 6.33 Å². The molecule has 6 amide bonds. The first kappa shape index (κ1) is 53.5. The van der Waals surface area contributed by atoms with Crippen molar-refractivity contribution in [3.05, 3.63) is 221 Å². The van der Waals surface area contributed by atoms with E-state index in [2.05, 4.69) is 75.1 Å². The Bertz CT molecular complexity index is 3160. The molecule has 2 heterocycles. The number of ether oxygens (including phenoxy) is 1. The molecule has 2 aliphatic carbocycles. The minimum atomic E-state index is -1.61. The second kappa shape index (κ2) is 23.4.